The third-order valence-corrected chi connectivity index (χ3v) is 3.10. The molecule has 1 saturated heterocycles. The van der Waals surface area contributed by atoms with Crippen LogP contribution < -0.4 is 5.32 Å². The molecule has 1 aromatic heterocycles. The van der Waals surface area contributed by atoms with Crippen molar-refractivity contribution in [3.05, 3.63) is 18.2 Å². The van der Waals surface area contributed by atoms with Crippen LogP contribution in [0.4, 0.5) is 0 Å². The first-order valence-corrected chi connectivity index (χ1v) is 5.14. The number of imidazole rings is 1. The molecule has 2 fully saturated rings. The molecular weight excluding hydrogens is 162 g/mol. The van der Waals surface area contributed by atoms with E-state index in [1.54, 1.807) is 0 Å². The van der Waals surface area contributed by atoms with Gasteiger partial charge in [-0.15, -0.1) is 0 Å². The highest BCUT2D eigenvalue weighted by atomic mass is 15.1. The Morgan fingerprint density at radius 2 is 2.31 bits per heavy atom. The highest BCUT2D eigenvalue weighted by molar-refractivity contribution is 5.11. The van der Waals surface area contributed by atoms with Gasteiger partial charge in [0.15, 0.2) is 0 Å². The largest absolute Gasteiger partial charge is 0.334 e. The zero-order chi connectivity index (χ0) is 8.67. The number of aromatic nitrogens is 2. The Morgan fingerprint density at radius 3 is 2.92 bits per heavy atom. The summed E-state index contributed by atoms with van der Waals surface area (Å²) in [5.41, 5.74) is 1.44. The predicted octanol–water partition coefficient (Wildman–Crippen LogP) is 0.980. The van der Waals surface area contributed by atoms with Gasteiger partial charge in [0, 0.05) is 37.4 Å². The van der Waals surface area contributed by atoms with Crippen LogP contribution in [0, 0.1) is 5.92 Å². The summed E-state index contributed by atoms with van der Waals surface area (Å²) in [6.07, 6.45) is 6.86. The summed E-state index contributed by atoms with van der Waals surface area (Å²) < 4.78 is 2.35. The van der Waals surface area contributed by atoms with Crippen LogP contribution in [0.1, 0.15) is 24.5 Å². The average Bonchev–Trinajstić information content (AvgIpc) is 2.71. The summed E-state index contributed by atoms with van der Waals surface area (Å²) in [6, 6.07) is 0. The molecule has 0 amide bonds. The molecule has 0 bridgehead atoms. The maximum Gasteiger partial charge on any atom is 0.0948 e. The number of nitrogens with zero attached hydrogens (tertiary/aromatic N) is 2. The SMILES string of the molecule is c1ncn(CC2CC2)c1C1CNC1. The van der Waals surface area contributed by atoms with E-state index in [9.17, 15) is 0 Å². The molecule has 2 heterocycles. The maximum atomic E-state index is 4.24. The molecule has 0 radical (unpaired) electrons. The Labute approximate surface area is 78.2 Å². The van der Waals surface area contributed by atoms with Crippen molar-refractivity contribution in [3.8, 4) is 0 Å². The van der Waals surface area contributed by atoms with E-state index >= 15 is 0 Å². The fourth-order valence-corrected chi connectivity index (χ4v) is 1.90. The van der Waals surface area contributed by atoms with Gasteiger partial charge >= 0.3 is 0 Å². The van der Waals surface area contributed by atoms with Gasteiger partial charge in [-0.05, 0) is 18.8 Å². The Kier molecular flexibility index (Phi) is 1.65. The first-order valence-electron chi connectivity index (χ1n) is 5.14. The van der Waals surface area contributed by atoms with Crippen molar-refractivity contribution in [1.29, 1.82) is 0 Å². The maximum absolute atomic E-state index is 4.24. The van der Waals surface area contributed by atoms with Gasteiger partial charge in [0.05, 0.1) is 6.33 Å². The summed E-state index contributed by atoms with van der Waals surface area (Å²) in [7, 11) is 0. The summed E-state index contributed by atoms with van der Waals surface area (Å²) in [6.45, 7) is 3.47. The molecule has 0 unspecified atom stereocenters. The van der Waals surface area contributed by atoms with Gasteiger partial charge in [0.2, 0.25) is 0 Å². The van der Waals surface area contributed by atoms with E-state index in [0.29, 0.717) is 0 Å². The minimum absolute atomic E-state index is 0.723. The fraction of sp³-hybridized carbons (Fsp3) is 0.700. The van der Waals surface area contributed by atoms with Gasteiger partial charge in [0.25, 0.3) is 0 Å². The van der Waals surface area contributed by atoms with Crippen molar-refractivity contribution in [2.24, 2.45) is 5.92 Å². The van der Waals surface area contributed by atoms with Crippen LogP contribution in [-0.4, -0.2) is 22.6 Å². The molecule has 3 rings (SSSR count). The number of rotatable bonds is 3. The third kappa shape index (κ3) is 1.37. The molecule has 1 saturated carbocycles. The van der Waals surface area contributed by atoms with Crippen molar-refractivity contribution in [2.75, 3.05) is 13.1 Å². The fourth-order valence-electron chi connectivity index (χ4n) is 1.90. The zero-order valence-electron chi connectivity index (χ0n) is 7.74. The zero-order valence-corrected chi connectivity index (χ0v) is 7.74. The monoisotopic (exact) mass is 177 g/mol. The second-order valence-electron chi connectivity index (χ2n) is 4.27. The second kappa shape index (κ2) is 2.84. The van der Waals surface area contributed by atoms with E-state index in [-0.39, 0.29) is 0 Å². The molecule has 0 aromatic carbocycles. The molecule has 13 heavy (non-hydrogen) atoms. The molecule has 2 aliphatic rings. The van der Waals surface area contributed by atoms with Gasteiger partial charge in [-0.25, -0.2) is 4.98 Å². The molecule has 1 aromatic rings. The molecule has 1 aliphatic heterocycles. The second-order valence-corrected chi connectivity index (χ2v) is 4.27. The lowest BCUT2D eigenvalue weighted by Gasteiger charge is -2.27. The van der Waals surface area contributed by atoms with Crippen molar-refractivity contribution in [3.63, 3.8) is 0 Å². The van der Waals surface area contributed by atoms with Crippen LogP contribution >= 0.6 is 0 Å². The van der Waals surface area contributed by atoms with Gasteiger partial charge in [-0.2, -0.15) is 0 Å². The quantitative estimate of drug-likeness (QED) is 0.746. The summed E-state index contributed by atoms with van der Waals surface area (Å²) >= 11 is 0. The minimum Gasteiger partial charge on any atom is -0.334 e. The van der Waals surface area contributed by atoms with Crippen molar-refractivity contribution >= 4 is 0 Å². The Balaban J connectivity index is 1.77. The summed E-state index contributed by atoms with van der Waals surface area (Å²) in [5, 5.41) is 3.30. The van der Waals surface area contributed by atoms with Crippen LogP contribution in [-0.2, 0) is 6.54 Å². The normalized spacial score (nSPS) is 23.1. The van der Waals surface area contributed by atoms with Gasteiger partial charge in [0.1, 0.15) is 0 Å². The topological polar surface area (TPSA) is 29.9 Å². The first kappa shape index (κ1) is 7.56. The van der Waals surface area contributed by atoms with Crippen LogP contribution in [0.2, 0.25) is 0 Å². The van der Waals surface area contributed by atoms with E-state index in [1.165, 1.54) is 25.1 Å². The lowest BCUT2D eigenvalue weighted by Crippen LogP contribution is -2.40. The molecular formula is C10H15N3. The predicted molar refractivity (Wildman–Crippen MR) is 50.6 cm³/mol. The van der Waals surface area contributed by atoms with Crippen molar-refractivity contribution in [1.82, 2.24) is 14.9 Å². The number of hydrogen-bond acceptors (Lipinski definition) is 2. The number of nitrogens with one attached hydrogen (secondary N) is 1. The van der Waals surface area contributed by atoms with Gasteiger partial charge < -0.3 is 9.88 Å². The van der Waals surface area contributed by atoms with Crippen LogP contribution in [0.25, 0.3) is 0 Å². The van der Waals surface area contributed by atoms with E-state index in [1.807, 2.05) is 12.5 Å². The smallest absolute Gasteiger partial charge is 0.0948 e. The lowest BCUT2D eigenvalue weighted by atomic mass is 10.00. The Bertz CT molecular complexity index is 297. The first-order chi connectivity index (χ1) is 6.43. The Morgan fingerprint density at radius 1 is 1.46 bits per heavy atom. The van der Waals surface area contributed by atoms with Gasteiger partial charge in [-0.3, -0.25) is 0 Å². The summed E-state index contributed by atoms with van der Waals surface area (Å²) in [4.78, 5) is 4.24. The van der Waals surface area contributed by atoms with Crippen LogP contribution in [0.5, 0.6) is 0 Å². The van der Waals surface area contributed by atoms with Gasteiger partial charge in [-0.1, -0.05) is 0 Å². The number of hydrogen-bond donors (Lipinski definition) is 1. The molecule has 1 N–H and O–H groups in total. The molecule has 1 aliphatic carbocycles. The standard InChI is InChI=1S/C10H15N3/c1-2-8(1)6-13-7-12-5-10(13)9-3-11-4-9/h5,7-9,11H,1-4,6H2. The van der Waals surface area contributed by atoms with E-state index in [2.05, 4.69) is 14.9 Å². The average molecular weight is 177 g/mol. The van der Waals surface area contributed by atoms with E-state index in [4.69, 9.17) is 0 Å². The molecule has 3 heteroatoms. The summed E-state index contributed by atoms with van der Waals surface area (Å²) in [5.74, 6) is 1.67. The lowest BCUT2D eigenvalue weighted by molar-refractivity contribution is 0.419. The van der Waals surface area contributed by atoms with E-state index < -0.39 is 0 Å². The molecule has 0 spiro atoms. The van der Waals surface area contributed by atoms with Crippen molar-refractivity contribution < 1.29 is 0 Å². The molecule has 70 valence electrons. The van der Waals surface area contributed by atoms with Crippen LogP contribution in [0.15, 0.2) is 12.5 Å². The van der Waals surface area contributed by atoms with Crippen LogP contribution in [0.3, 0.4) is 0 Å². The third-order valence-electron chi connectivity index (χ3n) is 3.10. The minimum atomic E-state index is 0.723. The molecule has 3 nitrogen and oxygen atoms in total. The highest BCUT2D eigenvalue weighted by Gasteiger charge is 2.26. The highest BCUT2D eigenvalue weighted by Crippen LogP contribution is 2.32. The van der Waals surface area contributed by atoms with E-state index in [0.717, 1.165) is 24.9 Å². The molecule has 0 atom stereocenters. The van der Waals surface area contributed by atoms with Crippen molar-refractivity contribution in [2.45, 2.75) is 25.3 Å². The Hall–Kier alpha value is -0.830.